The number of aliphatic imine (C=N–C) groups is 1. The van der Waals surface area contributed by atoms with E-state index in [1.54, 1.807) is 10.7 Å². The number of H-pyrrole nitrogens is 1. The van der Waals surface area contributed by atoms with Crippen molar-refractivity contribution in [2.24, 2.45) is 16.5 Å². The molecule has 0 radical (unpaired) electrons. The van der Waals surface area contributed by atoms with E-state index in [9.17, 15) is 9.59 Å². The lowest BCUT2D eigenvalue weighted by Crippen LogP contribution is -2.24. The molecule has 3 rings (SSSR count). The average molecular weight is 338 g/mol. The monoisotopic (exact) mass is 338 g/mol. The number of aromatic nitrogens is 3. The molecule has 0 saturated carbocycles. The van der Waals surface area contributed by atoms with E-state index in [-0.39, 0.29) is 17.4 Å². The SMILES string of the molecule is CC(C)c1c(C(=O)N=C(N)N)cnn1-c1cccc2[nH]c(=O)ccc12. The van der Waals surface area contributed by atoms with E-state index in [4.69, 9.17) is 11.5 Å². The third kappa shape index (κ3) is 3.01. The summed E-state index contributed by atoms with van der Waals surface area (Å²) in [5.41, 5.74) is 12.9. The summed E-state index contributed by atoms with van der Waals surface area (Å²) < 4.78 is 1.68. The Balaban J connectivity index is 2.25. The summed E-state index contributed by atoms with van der Waals surface area (Å²) in [5, 5.41) is 5.17. The molecule has 1 amide bonds. The summed E-state index contributed by atoms with van der Waals surface area (Å²) in [4.78, 5) is 30.2. The van der Waals surface area contributed by atoms with E-state index in [0.717, 1.165) is 11.1 Å². The van der Waals surface area contributed by atoms with Gasteiger partial charge in [0.15, 0.2) is 5.96 Å². The highest BCUT2D eigenvalue weighted by Gasteiger charge is 2.21. The minimum absolute atomic E-state index is 0.00586. The number of pyridine rings is 1. The smallest absolute Gasteiger partial charge is 0.283 e. The Bertz CT molecular complexity index is 1040. The van der Waals surface area contributed by atoms with Crippen molar-refractivity contribution in [3.63, 3.8) is 0 Å². The van der Waals surface area contributed by atoms with Crippen molar-refractivity contribution in [1.29, 1.82) is 0 Å². The highest BCUT2D eigenvalue weighted by molar-refractivity contribution is 6.02. The van der Waals surface area contributed by atoms with Gasteiger partial charge in [0.2, 0.25) is 5.56 Å². The van der Waals surface area contributed by atoms with E-state index in [1.807, 2.05) is 32.0 Å². The molecule has 5 N–H and O–H groups in total. The fourth-order valence-electron chi connectivity index (χ4n) is 2.80. The van der Waals surface area contributed by atoms with Gasteiger partial charge in [-0.25, -0.2) is 4.68 Å². The molecule has 0 aliphatic heterocycles. The van der Waals surface area contributed by atoms with Crippen molar-refractivity contribution in [3.8, 4) is 5.69 Å². The second-order valence-corrected chi connectivity index (χ2v) is 5.91. The quantitative estimate of drug-likeness (QED) is 0.488. The van der Waals surface area contributed by atoms with Gasteiger partial charge < -0.3 is 16.5 Å². The minimum Gasteiger partial charge on any atom is -0.370 e. The van der Waals surface area contributed by atoms with Gasteiger partial charge in [-0.15, -0.1) is 0 Å². The highest BCUT2D eigenvalue weighted by Crippen LogP contribution is 2.27. The van der Waals surface area contributed by atoms with E-state index < -0.39 is 5.91 Å². The molecule has 0 atom stereocenters. The van der Waals surface area contributed by atoms with Gasteiger partial charge in [0.1, 0.15) is 0 Å². The summed E-state index contributed by atoms with van der Waals surface area (Å²) in [6.07, 6.45) is 1.45. The Hall–Kier alpha value is -3.42. The molecule has 8 nitrogen and oxygen atoms in total. The van der Waals surface area contributed by atoms with Gasteiger partial charge in [-0.05, 0) is 24.1 Å². The van der Waals surface area contributed by atoms with Crippen LogP contribution in [0.1, 0.15) is 35.8 Å². The molecule has 0 aliphatic rings. The van der Waals surface area contributed by atoms with Crippen molar-refractivity contribution in [3.05, 3.63) is 58.1 Å². The second kappa shape index (κ2) is 6.23. The van der Waals surface area contributed by atoms with Gasteiger partial charge in [-0.3, -0.25) is 9.59 Å². The number of amides is 1. The first kappa shape index (κ1) is 16.4. The number of carbonyl (C=O) groups excluding carboxylic acids is 1. The first-order valence-corrected chi connectivity index (χ1v) is 7.72. The molecule has 0 unspecified atom stereocenters. The normalized spacial score (nSPS) is 11.0. The maximum atomic E-state index is 12.3. The van der Waals surface area contributed by atoms with Crippen LogP contribution in [0.15, 0.2) is 46.3 Å². The molecule has 0 fully saturated rings. The Labute approximate surface area is 143 Å². The molecular formula is C17H18N6O2. The van der Waals surface area contributed by atoms with Gasteiger partial charge in [-0.2, -0.15) is 10.1 Å². The zero-order valence-corrected chi connectivity index (χ0v) is 13.9. The Morgan fingerprint density at radius 2 is 2.00 bits per heavy atom. The fraction of sp³-hybridized carbons (Fsp3) is 0.176. The number of benzene rings is 1. The number of rotatable bonds is 3. The summed E-state index contributed by atoms with van der Waals surface area (Å²) in [6, 6.07) is 8.68. The summed E-state index contributed by atoms with van der Waals surface area (Å²) in [5.74, 6) is -0.840. The van der Waals surface area contributed by atoms with Crippen molar-refractivity contribution in [2.75, 3.05) is 0 Å². The number of fused-ring (bicyclic) bond motifs is 1. The lowest BCUT2D eigenvalue weighted by molar-refractivity contribution is 0.100. The third-order valence-electron chi connectivity index (χ3n) is 3.78. The molecule has 2 heterocycles. The van der Waals surface area contributed by atoms with Crippen LogP contribution >= 0.6 is 0 Å². The van der Waals surface area contributed by atoms with Gasteiger partial charge in [0, 0.05) is 11.5 Å². The average Bonchev–Trinajstić information content (AvgIpc) is 2.98. The van der Waals surface area contributed by atoms with Crippen molar-refractivity contribution in [1.82, 2.24) is 14.8 Å². The predicted molar refractivity (Wildman–Crippen MR) is 95.9 cm³/mol. The van der Waals surface area contributed by atoms with E-state index in [0.29, 0.717) is 16.8 Å². The largest absolute Gasteiger partial charge is 0.370 e. The van der Waals surface area contributed by atoms with Crippen LogP contribution in [0.5, 0.6) is 0 Å². The molecule has 0 saturated heterocycles. The van der Waals surface area contributed by atoms with Crippen LogP contribution in [-0.4, -0.2) is 26.6 Å². The zero-order valence-electron chi connectivity index (χ0n) is 13.9. The fourth-order valence-corrected chi connectivity index (χ4v) is 2.80. The molecule has 1 aromatic carbocycles. The number of guanidine groups is 1. The summed E-state index contributed by atoms with van der Waals surface area (Å²) in [7, 11) is 0. The van der Waals surface area contributed by atoms with Crippen LogP contribution in [0, 0.1) is 0 Å². The first-order chi connectivity index (χ1) is 11.9. The van der Waals surface area contributed by atoms with E-state index in [1.165, 1.54) is 12.3 Å². The topological polar surface area (TPSA) is 132 Å². The number of nitrogens with two attached hydrogens (primary N) is 2. The van der Waals surface area contributed by atoms with Gasteiger partial charge in [-0.1, -0.05) is 19.9 Å². The lowest BCUT2D eigenvalue weighted by atomic mass is 10.0. The predicted octanol–water partition coefficient (Wildman–Crippen LogP) is 1.25. The standard InChI is InChI=1S/C17H18N6O2/c1-9(2)15-11(16(25)22-17(18)19)8-20-23(15)13-5-3-4-12-10(13)6-7-14(24)21-12/h3-9H,1-2H3,(H,21,24)(H4,18,19,22,25). The number of nitrogens with zero attached hydrogens (tertiary/aromatic N) is 3. The van der Waals surface area contributed by atoms with Gasteiger partial charge in [0.05, 0.1) is 28.7 Å². The molecule has 128 valence electrons. The van der Waals surface area contributed by atoms with Crippen molar-refractivity contribution in [2.45, 2.75) is 19.8 Å². The van der Waals surface area contributed by atoms with Crippen molar-refractivity contribution >= 4 is 22.8 Å². The second-order valence-electron chi connectivity index (χ2n) is 5.91. The molecule has 0 aliphatic carbocycles. The number of hydrogen-bond acceptors (Lipinski definition) is 3. The highest BCUT2D eigenvalue weighted by atomic mass is 16.1. The molecule has 8 heteroatoms. The minimum atomic E-state index is -0.538. The molecule has 0 bridgehead atoms. The Morgan fingerprint density at radius 3 is 2.68 bits per heavy atom. The number of carbonyl (C=O) groups is 1. The van der Waals surface area contributed by atoms with Crippen molar-refractivity contribution < 1.29 is 4.79 Å². The molecule has 3 aromatic rings. The Morgan fingerprint density at radius 1 is 1.24 bits per heavy atom. The van der Waals surface area contributed by atoms with Gasteiger partial charge >= 0.3 is 0 Å². The molecule has 0 spiro atoms. The van der Waals surface area contributed by atoms with Crippen LogP contribution < -0.4 is 17.0 Å². The molecular weight excluding hydrogens is 320 g/mol. The summed E-state index contributed by atoms with van der Waals surface area (Å²) >= 11 is 0. The maximum absolute atomic E-state index is 12.3. The maximum Gasteiger partial charge on any atom is 0.283 e. The number of aromatic amines is 1. The Kier molecular flexibility index (Phi) is 4.10. The number of nitrogens with one attached hydrogen (secondary N) is 1. The number of hydrogen-bond donors (Lipinski definition) is 3. The summed E-state index contributed by atoms with van der Waals surface area (Å²) in [6.45, 7) is 3.90. The van der Waals surface area contributed by atoms with Crippen LogP contribution in [0.2, 0.25) is 0 Å². The van der Waals surface area contributed by atoms with Crippen LogP contribution in [0.4, 0.5) is 0 Å². The molecule has 2 aromatic heterocycles. The van der Waals surface area contributed by atoms with Crippen LogP contribution in [0.3, 0.4) is 0 Å². The molecule has 25 heavy (non-hydrogen) atoms. The first-order valence-electron chi connectivity index (χ1n) is 7.72. The van der Waals surface area contributed by atoms with Crippen LogP contribution in [-0.2, 0) is 0 Å². The van der Waals surface area contributed by atoms with Crippen LogP contribution in [0.25, 0.3) is 16.6 Å². The zero-order chi connectivity index (χ0) is 18.1. The van der Waals surface area contributed by atoms with Gasteiger partial charge in [0.25, 0.3) is 5.91 Å². The third-order valence-corrected chi connectivity index (χ3v) is 3.78. The van der Waals surface area contributed by atoms with E-state index >= 15 is 0 Å². The lowest BCUT2D eigenvalue weighted by Gasteiger charge is -2.13. The van der Waals surface area contributed by atoms with E-state index in [2.05, 4.69) is 15.1 Å².